The van der Waals surface area contributed by atoms with Crippen LogP contribution in [-0.4, -0.2) is 76.3 Å². The summed E-state index contributed by atoms with van der Waals surface area (Å²) in [6, 6.07) is -0.466. The van der Waals surface area contributed by atoms with Gasteiger partial charge in [0.1, 0.15) is 12.3 Å². The average molecular weight is 436 g/mol. The van der Waals surface area contributed by atoms with Crippen molar-refractivity contribution in [3.8, 4) is 0 Å². The van der Waals surface area contributed by atoms with Gasteiger partial charge in [-0.3, -0.25) is 9.59 Å². The maximum absolute atomic E-state index is 12.5. The molecule has 0 aromatic heterocycles. The molecule has 0 radical (unpaired) electrons. The number of carboxylic acids is 1. The van der Waals surface area contributed by atoms with Gasteiger partial charge in [-0.25, -0.2) is 9.59 Å². The Balaban J connectivity index is 1.79. The van der Waals surface area contributed by atoms with E-state index in [4.69, 9.17) is 4.74 Å². The molecular formula is C20H25N3O6S. The van der Waals surface area contributed by atoms with Crippen LogP contribution in [0.2, 0.25) is 0 Å². The minimum Gasteiger partial charge on any atom is -0.477 e. The van der Waals surface area contributed by atoms with E-state index < -0.39 is 12.1 Å². The van der Waals surface area contributed by atoms with Gasteiger partial charge in [0.25, 0.3) is 0 Å². The monoisotopic (exact) mass is 435 g/mol. The predicted molar refractivity (Wildman–Crippen MR) is 110 cm³/mol. The van der Waals surface area contributed by atoms with Gasteiger partial charge < -0.3 is 25.0 Å². The van der Waals surface area contributed by atoms with Crippen molar-refractivity contribution < 1.29 is 29.0 Å². The summed E-state index contributed by atoms with van der Waals surface area (Å²) in [7, 11) is 1.52. The van der Waals surface area contributed by atoms with E-state index in [2.05, 4.69) is 11.9 Å². The van der Waals surface area contributed by atoms with Gasteiger partial charge in [-0.15, -0.1) is 11.8 Å². The van der Waals surface area contributed by atoms with E-state index in [1.165, 1.54) is 40.8 Å². The van der Waals surface area contributed by atoms with E-state index in [1.807, 2.05) is 6.92 Å². The first-order chi connectivity index (χ1) is 14.3. The zero-order valence-electron chi connectivity index (χ0n) is 16.9. The SMILES string of the molecule is C=CCOC(=O)N1C[C@@H](SC2=C(C(=O)O)N3C(=O)C[C@H]3[C@H]2C)C[C@H]1/C=C/C(=O)NC. The van der Waals surface area contributed by atoms with Gasteiger partial charge in [-0.2, -0.15) is 0 Å². The molecule has 3 aliphatic rings. The molecule has 2 fully saturated rings. The van der Waals surface area contributed by atoms with Gasteiger partial charge in [0.15, 0.2) is 0 Å². The zero-order valence-corrected chi connectivity index (χ0v) is 17.7. The molecule has 2 N–H and O–H groups in total. The van der Waals surface area contributed by atoms with E-state index >= 15 is 0 Å². The number of β-lactam (4-membered cyclic amide) rings is 1. The van der Waals surface area contributed by atoms with Crippen molar-refractivity contribution in [2.45, 2.75) is 37.1 Å². The molecule has 0 aromatic carbocycles. The summed E-state index contributed by atoms with van der Waals surface area (Å²) in [5.41, 5.74) is 0.0545. The first kappa shape index (κ1) is 21.9. The second kappa shape index (κ2) is 8.95. The third kappa shape index (κ3) is 4.09. The molecule has 0 saturated carbocycles. The van der Waals surface area contributed by atoms with Gasteiger partial charge in [-0.1, -0.05) is 25.7 Å². The molecule has 2 saturated heterocycles. The minimum atomic E-state index is -1.11. The quantitative estimate of drug-likeness (QED) is 0.352. The number of likely N-dealkylation sites (tertiary alicyclic amines) is 1. The molecular weight excluding hydrogens is 410 g/mol. The maximum atomic E-state index is 12.5. The number of fused-ring (bicyclic) bond motifs is 1. The third-order valence-electron chi connectivity index (χ3n) is 5.53. The molecule has 0 aliphatic carbocycles. The molecule has 0 bridgehead atoms. The van der Waals surface area contributed by atoms with Crippen LogP contribution in [0.15, 0.2) is 35.4 Å². The first-order valence-electron chi connectivity index (χ1n) is 9.68. The molecule has 0 aromatic rings. The lowest BCUT2D eigenvalue weighted by molar-refractivity contribution is -0.148. The number of aliphatic carboxylic acids is 1. The lowest BCUT2D eigenvalue weighted by atomic mass is 9.94. The highest BCUT2D eigenvalue weighted by Gasteiger charge is 2.52. The van der Waals surface area contributed by atoms with Crippen LogP contribution in [-0.2, 0) is 19.1 Å². The van der Waals surface area contributed by atoms with E-state index in [1.54, 1.807) is 6.08 Å². The van der Waals surface area contributed by atoms with Crippen LogP contribution in [0.5, 0.6) is 0 Å². The highest BCUT2D eigenvalue weighted by Crippen LogP contribution is 2.49. The fourth-order valence-electron chi connectivity index (χ4n) is 3.99. The van der Waals surface area contributed by atoms with Crippen LogP contribution in [0.1, 0.15) is 19.8 Å². The number of carbonyl (C=O) groups excluding carboxylic acids is 3. The summed E-state index contributed by atoms with van der Waals surface area (Å²) in [6.45, 7) is 5.87. The number of thioether (sulfide) groups is 1. The number of hydrogen-bond donors (Lipinski definition) is 2. The van der Waals surface area contributed by atoms with E-state index in [0.717, 1.165) is 0 Å². The summed E-state index contributed by atoms with van der Waals surface area (Å²) >= 11 is 1.40. The highest BCUT2D eigenvalue weighted by molar-refractivity contribution is 8.03. The Morgan fingerprint density at radius 1 is 1.40 bits per heavy atom. The lowest BCUT2D eigenvalue weighted by Gasteiger charge is -2.37. The van der Waals surface area contributed by atoms with Crippen molar-refractivity contribution in [1.82, 2.24) is 15.1 Å². The number of ether oxygens (including phenoxy) is 1. The van der Waals surface area contributed by atoms with Crippen LogP contribution in [0.3, 0.4) is 0 Å². The molecule has 30 heavy (non-hydrogen) atoms. The Morgan fingerprint density at radius 3 is 2.73 bits per heavy atom. The molecule has 0 spiro atoms. The van der Waals surface area contributed by atoms with Crippen LogP contribution in [0.25, 0.3) is 0 Å². The van der Waals surface area contributed by atoms with Crippen molar-refractivity contribution in [3.63, 3.8) is 0 Å². The summed E-state index contributed by atoms with van der Waals surface area (Å²) < 4.78 is 5.16. The standard InChI is InChI=1S/C20H25N3O6S/c1-4-7-29-20(28)22-10-13(8-12(22)5-6-15(24)21-3)30-18-11(2)14-9-16(25)23(14)17(18)19(26)27/h4-6,11-14H,1,7-10H2,2-3H3,(H,21,24)(H,26,27)/b6-5+/t11-,12-,13+,14+/m1/s1. The molecule has 3 amide bonds. The zero-order chi connectivity index (χ0) is 22.0. The van der Waals surface area contributed by atoms with Crippen LogP contribution < -0.4 is 5.32 Å². The van der Waals surface area contributed by atoms with Crippen molar-refractivity contribution in [1.29, 1.82) is 0 Å². The second-order valence-corrected chi connectivity index (χ2v) is 8.72. The maximum Gasteiger partial charge on any atom is 0.410 e. The predicted octanol–water partition coefficient (Wildman–Crippen LogP) is 1.33. The Morgan fingerprint density at radius 2 is 2.13 bits per heavy atom. The van der Waals surface area contributed by atoms with Gasteiger partial charge in [0.05, 0.1) is 12.1 Å². The number of amides is 3. The Bertz CT molecular complexity index is 838. The van der Waals surface area contributed by atoms with Crippen molar-refractivity contribution >= 4 is 35.6 Å². The van der Waals surface area contributed by atoms with Crippen LogP contribution in [0, 0.1) is 5.92 Å². The molecule has 10 heteroatoms. The summed E-state index contributed by atoms with van der Waals surface area (Å²) in [5, 5.41) is 12.1. The summed E-state index contributed by atoms with van der Waals surface area (Å²) in [4.78, 5) is 51.4. The van der Waals surface area contributed by atoms with Crippen molar-refractivity contribution in [2.24, 2.45) is 5.92 Å². The van der Waals surface area contributed by atoms with Gasteiger partial charge in [0.2, 0.25) is 11.8 Å². The van der Waals surface area contributed by atoms with Crippen LogP contribution in [0.4, 0.5) is 4.79 Å². The third-order valence-corrected chi connectivity index (χ3v) is 7.02. The van der Waals surface area contributed by atoms with Gasteiger partial charge in [0, 0.05) is 42.2 Å². The summed E-state index contributed by atoms with van der Waals surface area (Å²) in [6.07, 6.45) is 4.86. The number of nitrogens with one attached hydrogen (secondary N) is 1. The number of likely N-dealkylation sites (N-methyl/N-ethyl adjacent to an activating group) is 1. The van der Waals surface area contributed by atoms with Gasteiger partial charge >= 0.3 is 12.1 Å². The fraction of sp³-hybridized carbons (Fsp3) is 0.500. The normalized spacial score (nSPS) is 27.9. The Labute approximate surface area is 178 Å². The number of hydrogen-bond acceptors (Lipinski definition) is 6. The van der Waals surface area contributed by atoms with Crippen molar-refractivity contribution in [2.75, 3.05) is 20.2 Å². The highest BCUT2D eigenvalue weighted by atomic mass is 32.2. The second-order valence-electron chi connectivity index (χ2n) is 7.38. The lowest BCUT2D eigenvalue weighted by Crippen LogP contribution is -2.51. The number of carbonyl (C=O) groups is 4. The molecule has 3 aliphatic heterocycles. The number of nitrogens with zero attached hydrogens (tertiary/aromatic N) is 2. The topological polar surface area (TPSA) is 116 Å². The molecule has 3 rings (SSSR count). The van der Waals surface area contributed by atoms with E-state index in [-0.39, 0.29) is 47.4 Å². The minimum absolute atomic E-state index is 0.0545. The number of carboxylic acid groups (broad SMARTS) is 1. The Hall–Kier alpha value is -2.75. The molecule has 3 heterocycles. The molecule has 4 atom stereocenters. The smallest absolute Gasteiger partial charge is 0.410 e. The number of rotatable bonds is 7. The van der Waals surface area contributed by atoms with E-state index in [0.29, 0.717) is 24.3 Å². The Kier molecular flexibility index (Phi) is 6.55. The first-order valence-corrected chi connectivity index (χ1v) is 10.6. The van der Waals surface area contributed by atoms with Crippen molar-refractivity contribution in [3.05, 3.63) is 35.4 Å². The van der Waals surface area contributed by atoms with E-state index in [9.17, 15) is 24.3 Å². The van der Waals surface area contributed by atoms with Crippen LogP contribution >= 0.6 is 11.8 Å². The average Bonchev–Trinajstić information content (AvgIpc) is 3.21. The molecule has 162 valence electrons. The van der Waals surface area contributed by atoms with Gasteiger partial charge in [-0.05, 0) is 6.42 Å². The largest absolute Gasteiger partial charge is 0.477 e. The summed E-state index contributed by atoms with van der Waals surface area (Å²) in [5.74, 6) is -1.64. The molecule has 0 unspecified atom stereocenters. The fourth-order valence-corrected chi connectivity index (χ4v) is 5.55. The molecule has 9 nitrogen and oxygen atoms in total.